The normalized spacial score (nSPS) is 9.95. The van der Waals surface area contributed by atoms with Crippen molar-refractivity contribution in [2.75, 3.05) is 5.32 Å². The molecule has 0 spiro atoms. The van der Waals surface area contributed by atoms with E-state index in [0.717, 1.165) is 11.1 Å². The molecule has 4 nitrogen and oxygen atoms in total. The van der Waals surface area contributed by atoms with E-state index < -0.39 is 0 Å². The Morgan fingerprint density at radius 2 is 2.19 bits per heavy atom. The number of aryl methyl sites for hydroxylation is 2. The Hall–Kier alpha value is -2.38. The maximum atomic E-state index is 11.9. The largest absolute Gasteiger partial charge is 0.311 e. The second kappa shape index (κ2) is 6.87. The highest BCUT2D eigenvalue weighted by molar-refractivity contribution is 6.30. The van der Waals surface area contributed by atoms with Gasteiger partial charge in [0.05, 0.1) is 16.7 Å². The van der Waals surface area contributed by atoms with Gasteiger partial charge in [0.25, 0.3) is 0 Å². The summed E-state index contributed by atoms with van der Waals surface area (Å²) in [5, 5.41) is 12.3. The van der Waals surface area contributed by atoms with Crippen LogP contribution in [0.1, 0.15) is 23.1 Å². The van der Waals surface area contributed by atoms with Crippen LogP contribution >= 0.6 is 11.6 Å². The van der Waals surface area contributed by atoms with Crippen LogP contribution < -0.4 is 5.32 Å². The molecule has 0 aliphatic carbocycles. The van der Waals surface area contributed by atoms with E-state index in [2.05, 4.69) is 16.4 Å². The first kappa shape index (κ1) is 15.0. The molecule has 5 heteroatoms. The number of hydrogen-bond acceptors (Lipinski definition) is 3. The molecule has 1 aromatic carbocycles. The molecule has 1 heterocycles. The molecule has 0 aliphatic heterocycles. The van der Waals surface area contributed by atoms with Crippen LogP contribution in [-0.2, 0) is 11.2 Å². The summed E-state index contributed by atoms with van der Waals surface area (Å²) in [5.41, 5.74) is 2.53. The van der Waals surface area contributed by atoms with Crippen LogP contribution in [-0.4, -0.2) is 10.9 Å². The number of nitriles is 1. The third-order valence-electron chi connectivity index (χ3n) is 3.00. The van der Waals surface area contributed by atoms with Crippen molar-refractivity contribution in [2.24, 2.45) is 0 Å². The van der Waals surface area contributed by atoms with Gasteiger partial charge in [-0.1, -0.05) is 23.7 Å². The summed E-state index contributed by atoms with van der Waals surface area (Å²) >= 11 is 5.73. The van der Waals surface area contributed by atoms with Crippen molar-refractivity contribution in [3.05, 3.63) is 58.2 Å². The van der Waals surface area contributed by atoms with E-state index in [1.165, 1.54) is 6.20 Å². The van der Waals surface area contributed by atoms with Crippen molar-refractivity contribution < 1.29 is 4.79 Å². The van der Waals surface area contributed by atoms with Crippen LogP contribution in [0.15, 0.2) is 36.5 Å². The summed E-state index contributed by atoms with van der Waals surface area (Å²) in [6.45, 7) is 1.93. The average molecular weight is 300 g/mol. The number of nitrogens with one attached hydrogen (secondary N) is 1. The molecule has 0 aliphatic rings. The number of rotatable bonds is 4. The Bertz CT molecular complexity index is 690. The molecule has 0 unspecified atom stereocenters. The van der Waals surface area contributed by atoms with Gasteiger partial charge in [-0.05, 0) is 42.7 Å². The molecule has 0 fully saturated rings. The first-order valence-electron chi connectivity index (χ1n) is 6.49. The van der Waals surface area contributed by atoms with E-state index in [0.29, 0.717) is 29.2 Å². The van der Waals surface area contributed by atoms with Crippen LogP contribution in [0.5, 0.6) is 0 Å². The number of amides is 1. The molecular formula is C16H14ClN3O. The third-order valence-corrected chi connectivity index (χ3v) is 3.23. The molecular weight excluding hydrogens is 286 g/mol. The fourth-order valence-corrected chi connectivity index (χ4v) is 2.03. The van der Waals surface area contributed by atoms with Gasteiger partial charge in [0, 0.05) is 12.6 Å². The summed E-state index contributed by atoms with van der Waals surface area (Å²) in [6, 6.07) is 11.1. The van der Waals surface area contributed by atoms with Gasteiger partial charge in [0.1, 0.15) is 5.82 Å². The van der Waals surface area contributed by atoms with Gasteiger partial charge in [-0.2, -0.15) is 5.26 Å². The summed E-state index contributed by atoms with van der Waals surface area (Å²) in [5.74, 6) is 0.322. The Labute approximate surface area is 128 Å². The van der Waals surface area contributed by atoms with Gasteiger partial charge in [0.15, 0.2) is 0 Å². The lowest BCUT2D eigenvalue weighted by molar-refractivity contribution is -0.116. The minimum atomic E-state index is -0.144. The van der Waals surface area contributed by atoms with Crippen LogP contribution in [0.3, 0.4) is 0 Å². The minimum Gasteiger partial charge on any atom is -0.311 e. The number of carbonyl (C=O) groups is 1. The zero-order chi connectivity index (χ0) is 15.2. The summed E-state index contributed by atoms with van der Waals surface area (Å²) in [4.78, 5) is 15.9. The standard InChI is InChI=1S/C16H14ClN3O/c1-11-2-3-12(13(8-11)9-18)4-7-16(21)20-15-6-5-14(17)10-19-15/h2-3,5-6,8,10H,4,7H2,1H3,(H,19,20,21). The second-order valence-electron chi connectivity index (χ2n) is 4.68. The van der Waals surface area contributed by atoms with Crippen molar-refractivity contribution in [3.8, 4) is 6.07 Å². The number of pyridine rings is 1. The van der Waals surface area contributed by atoms with Crippen molar-refractivity contribution in [1.82, 2.24) is 4.98 Å². The Morgan fingerprint density at radius 1 is 1.38 bits per heavy atom. The molecule has 0 saturated heterocycles. The topological polar surface area (TPSA) is 65.8 Å². The summed E-state index contributed by atoms with van der Waals surface area (Å²) in [6.07, 6.45) is 2.29. The smallest absolute Gasteiger partial charge is 0.225 e. The maximum Gasteiger partial charge on any atom is 0.225 e. The van der Waals surface area contributed by atoms with E-state index >= 15 is 0 Å². The Morgan fingerprint density at radius 3 is 2.86 bits per heavy atom. The molecule has 106 valence electrons. The van der Waals surface area contributed by atoms with Gasteiger partial charge < -0.3 is 5.32 Å². The number of halogens is 1. The van der Waals surface area contributed by atoms with Gasteiger partial charge in [-0.3, -0.25) is 4.79 Å². The quantitative estimate of drug-likeness (QED) is 0.940. The molecule has 0 radical (unpaired) electrons. The van der Waals surface area contributed by atoms with E-state index in [4.69, 9.17) is 16.9 Å². The van der Waals surface area contributed by atoms with Crippen molar-refractivity contribution in [1.29, 1.82) is 5.26 Å². The van der Waals surface area contributed by atoms with E-state index in [-0.39, 0.29) is 5.91 Å². The summed E-state index contributed by atoms with van der Waals surface area (Å²) < 4.78 is 0. The van der Waals surface area contributed by atoms with Gasteiger partial charge in [0.2, 0.25) is 5.91 Å². The van der Waals surface area contributed by atoms with Crippen LogP contribution in [0.2, 0.25) is 5.02 Å². The van der Waals surface area contributed by atoms with Gasteiger partial charge >= 0.3 is 0 Å². The fraction of sp³-hybridized carbons (Fsp3) is 0.188. The lowest BCUT2D eigenvalue weighted by Gasteiger charge is -2.06. The van der Waals surface area contributed by atoms with Crippen LogP contribution in [0.4, 0.5) is 5.82 Å². The van der Waals surface area contributed by atoms with Crippen LogP contribution in [0.25, 0.3) is 0 Å². The van der Waals surface area contributed by atoms with E-state index in [1.807, 2.05) is 25.1 Å². The summed E-state index contributed by atoms with van der Waals surface area (Å²) in [7, 11) is 0. The van der Waals surface area contributed by atoms with Crippen molar-refractivity contribution >= 4 is 23.3 Å². The van der Waals surface area contributed by atoms with E-state index in [1.54, 1.807) is 12.1 Å². The molecule has 0 saturated carbocycles. The molecule has 1 N–H and O–H groups in total. The highest BCUT2D eigenvalue weighted by Crippen LogP contribution is 2.14. The zero-order valence-electron chi connectivity index (χ0n) is 11.6. The molecule has 0 atom stereocenters. The lowest BCUT2D eigenvalue weighted by atomic mass is 10.0. The molecule has 2 rings (SSSR count). The maximum absolute atomic E-state index is 11.9. The predicted molar refractivity (Wildman–Crippen MR) is 82.1 cm³/mol. The van der Waals surface area contributed by atoms with Gasteiger partial charge in [-0.25, -0.2) is 4.98 Å². The molecule has 1 amide bonds. The van der Waals surface area contributed by atoms with E-state index in [9.17, 15) is 4.79 Å². The highest BCUT2D eigenvalue weighted by atomic mass is 35.5. The van der Waals surface area contributed by atoms with Crippen LogP contribution in [0, 0.1) is 18.3 Å². The molecule has 0 bridgehead atoms. The lowest BCUT2D eigenvalue weighted by Crippen LogP contribution is -2.13. The number of hydrogen-bond donors (Lipinski definition) is 1. The number of anilines is 1. The first-order valence-corrected chi connectivity index (χ1v) is 6.87. The molecule has 2 aromatic rings. The first-order chi connectivity index (χ1) is 10.1. The predicted octanol–water partition coefficient (Wildman–Crippen LogP) is 3.49. The molecule has 21 heavy (non-hydrogen) atoms. The molecule has 1 aromatic heterocycles. The highest BCUT2D eigenvalue weighted by Gasteiger charge is 2.07. The third kappa shape index (κ3) is 4.30. The number of aromatic nitrogens is 1. The Kier molecular flexibility index (Phi) is 4.91. The minimum absolute atomic E-state index is 0.144. The zero-order valence-corrected chi connectivity index (χ0v) is 12.3. The average Bonchev–Trinajstić information content (AvgIpc) is 2.48. The van der Waals surface area contributed by atoms with Crippen molar-refractivity contribution in [3.63, 3.8) is 0 Å². The monoisotopic (exact) mass is 299 g/mol. The van der Waals surface area contributed by atoms with Gasteiger partial charge in [-0.15, -0.1) is 0 Å². The SMILES string of the molecule is Cc1ccc(CCC(=O)Nc2ccc(Cl)cn2)c(C#N)c1. The number of carbonyl (C=O) groups excluding carboxylic acids is 1. The Balaban J connectivity index is 1.95. The number of benzene rings is 1. The second-order valence-corrected chi connectivity index (χ2v) is 5.12. The number of nitrogens with zero attached hydrogens (tertiary/aromatic N) is 2. The van der Waals surface area contributed by atoms with Crippen molar-refractivity contribution in [2.45, 2.75) is 19.8 Å². The fourth-order valence-electron chi connectivity index (χ4n) is 1.92.